The van der Waals surface area contributed by atoms with Gasteiger partial charge in [0.1, 0.15) is 5.82 Å². The first-order valence-electron chi connectivity index (χ1n) is 7.24. The molecule has 4 heteroatoms. The van der Waals surface area contributed by atoms with Crippen LogP contribution in [0.1, 0.15) is 46.7 Å². The summed E-state index contributed by atoms with van der Waals surface area (Å²) in [7, 11) is 0. The summed E-state index contributed by atoms with van der Waals surface area (Å²) in [6.07, 6.45) is 5.82. The smallest absolute Gasteiger partial charge is 0.335 e. The maximum atomic E-state index is 10.9. The van der Waals surface area contributed by atoms with E-state index in [0.29, 0.717) is 18.0 Å². The van der Waals surface area contributed by atoms with E-state index >= 15 is 0 Å². The molecule has 1 heterocycles. The molecule has 1 aliphatic carbocycles. The molecular formula is C17H18N2O2. The normalized spacial score (nSPS) is 14.5. The zero-order chi connectivity index (χ0) is 14.7. The van der Waals surface area contributed by atoms with Crippen LogP contribution in [0.2, 0.25) is 0 Å². The fraction of sp³-hybridized carbons (Fsp3) is 0.294. The molecule has 1 aromatic carbocycles. The number of pyridine rings is 1. The van der Waals surface area contributed by atoms with E-state index in [1.807, 2.05) is 18.3 Å². The van der Waals surface area contributed by atoms with Gasteiger partial charge in [-0.2, -0.15) is 0 Å². The van der Waals surface area contributed by atoms with E-state index < -0.39 is 5.97 Å². The maximum Gasteiger partial charge on any atom is 0.335 e. The van der Waals surface area contributed by atoms with Crippen LogP contribution in [0.4, 0.5) is 5.82 Å². The summed E-state index contributed by atoms with van der Waals surface area (Å²) in [4.78, 5) is 15.4. The van der Waals surface area contributed by atoms with E-state index in [1.54, 1.807) is 18.2 Å². The van der Waals surface area contributed by atoms with Crippen molar-refractivity contribution in [3.63, 3.8) is 0 Å². The van der Waals surface area contributed by atoms with Crippen molar-refractivity contribution in [1.29, 1.82) is 0 Å². The van der Waals surface area contributed by atoms with Gasteiger partial charge in [-0.1, -0.05) is 24.6 Å². The Morgan fingerprint density at radius 2 is 2.14 bits per heavy atom. The first kappa shape index (κ1) is 13.6. The maximum absolute atomic E-state index is 10.9. The van der Waals surface area contributed by atoms with Gasteiger partial charge in [-0.3, -0.25) is 0 Å². The second-order valence-electron chi connectivity index (χ2n) is 5.46. The molecule has 21 heavy (non-hydrogen) atoms. The van der Waals surface area contributed by atoms with E-state index in [0.717, 1.165) is 11.4 Å². The number of rotatable bonds is 5. The van der Waals surface area contributed by atoms with Crippen LogP contribution >= 0.6 is 0 Å². The molecule has 108 valence electrons. The van der Waals surface area contributed by atoms with Crippen LogP contribution in [0.15, 0.2) is 42.6 Å². The Kier molecular flexibility index (Phi) is 3.86. The third-order valence-electron chi connectivity index (χ3n) is 4.01. The Morgan fingerprint density at radius 3 is 2.76 bits per heavy atom. The third kappa shape index (κ3) is 3.21. The minimum atomic E-state index is -0.903. The van der Waals surface area contributed by atoms with Crippen LogP contribution in [0.5, 0.6) is 0 Å². The highest BCUT2D eigenvalue weighted by molar-refractivity contribution is 5.87. The first-order chi connectivity index (χ1) is 10.2. The van der Waals surface area contributed by atoms with Crippen LogP contribution in [0.25, 0.3) is 0 Å². The average Bonchev–Trinajstić information content (AvgIpc) is 2.45. The molecule has 1 fully saturated rings. The minimum Gasteiger partial charge on any atom is -0.478 e. The number of carbonyl (C=O) groups is 1. The van der Waals surface area contributed by atoms with Gasteiger partial charge in [0, 0.05) is 12.7 Å². The van der Waals surface area contributed by atoms with Crippen LogP contribution in [-0.4, -0.2) is 16.1 Å². The van der Waals surface area contributed by atoms with Crippen molar-refractivity contribution in [2.75, 3.05) is 5.32 Å². The third-order valence-corrected chi connectivity index (χ3v) is 4.01. The number of aromatic nitrogens is 1. The van der Waals surface area contributed by atoms with Crippen molar-refractivity contribution in [2.45, 2.75) is 31.7 Å². The van der Waals surface area contributed by atoms with Gasteiger partial charge in [-0.15, -0.1) is 0 Å². The second kappa shape index (κ2) is 5.95. The molecular weight excluding hydrogens is 264 g/mol. The number of carboxylic acid groups (broad SMARTS) is 1. The van der Waals surface area contributed by atoms with Crippen LogP contribution in [0.3, 0.4) is 0 Å². The van der Waals surface area contributed by atoms with E-state index in [9.17, 15) is 4.79 Å². The monoisotopic (exact) mass is 282 g/mol. The summed E-state index contributed by atoms with van der Waals surface area (Å²) in [5, 5.41) is 12.2. The van der Waals surface area contributed by atoms with Gasteiger partial charge in [-0.25, -0.2) is 9.78 Å². The Morgan fingerprint density at radius 1 is 1.29 bits per heavy atom. The molecule has 2 aromatic rings. The standard InChI is InChI=1S/C17H18N2O2/c20-17(21)14-6-1-3-12(9-14)10-18-16-8-7-15(11-19-16)13-4-2-5-13/h1,3,6-9,11,13H,2,4-5,10H2,(H,18,19)(H,20,21). The Labute approximate surface area is 123 Å². The number of aromatic carboxylic acids is 1. The fourth-order valence-electron chi connectivity index (χ4n) is 2.50. The topological polar surface area (TPSA) is 62.2 Å². The van der Waals surface area contributed by atoms with E-state index in [-0.39, 0.29) is 0 Å². The van der Waals surface area contributed by atoms with Crippen LogP contribution < -0.4 is 5.32 Å². The number of carboxylic acids is 1. The largest absolute Gasteiger partial charge is 0.478 e. The molecule has 0 unspecified atom stereocenters. The first-order valence-corrected chi connectivity index (χ1v) is 7.24. The van der Waals surface area contributed by atoms with Crippen molar-refractivity contribution >= 4 is 11.8 Å². The van der Waals surface area contributed by atoms with E-state index in [1.165, 1.54) is 24.8 Å². The Hall–Kier alpha value is -2.36. The zero-order valence-electron chi connectivity index (χ0n) is 11.7. The average molecular weight is 282 g/mol. The summed E-state index contributed by atoms with van der Waals surface area (Å²) in [5.74, 6) is 0.609. The van der Waals surface area contributed by atoms with Gasteiger partial charge < -0.3 is 10.4 Å². The molecule has 4 nitrogen and oxygen atoms in total. The van der Waals surface area contributed by atoms with Gasteiger partial charge in [0.25, 0.3) is 0 Å². The Bertz CT molecular complexity index is 633. The van der Waals surface area contributed by atoms with Crippen LogP contribution in [0, 0.1) is 0 Å². The molecule has 1 aliphatic rings. The number of benzene rings is 1. The highest BCUT2D eigenvalue weighted by atomic mass is 16.4. The highest BCUT2D eigenvalue weighted by Crippen LogP contribution is 2.36. The summed E-state index contributed by atoms with van der Waals surface area (Å²) in [6.45, 7) is 0.566. The number of nitrogens with one attached hydrogen (secondary N) is 1. The molecule has 0 bridgehead atoms. The van der Waals surface area contributed by atoms with Crippen molar-refractivity contribution in [3.05, 3.63) is 59.3 Å². The SMILES string of the molecule is O=C(O)c1cccc(CNc2ccc(C3CCC3)cn2)c1. The molecule has 0 aliphatic heterocycles. The minimum absolute atomic E-state index is 0.308. The van der Waals surface area contributed by atoms with Gasteiger partial charge >= 0.3 is 5.97 Å². The van der Waals surface area contributed by atoms with E-state index in [4.69, 9.17) is 5.11 Å². The zero-order valence-corrected chi connectivity index (χ0v) is 11.7. The van der Waals surface area contributed by atoms with Crippen LogP contribution in [-0.2, 0) is 6.54 Å². The molecule has 1 saturated carbocycles. The summed E-state index contributed by atoms with van der Waals surface area (Å²) in [5.41, 5.74) is 2.56. The molecule has 1 aromatic heterocycles. The molecule has 3 rings (SSSR count). The summed E-state index contributed by atoms with van der Waals surface area (Å²) in [6, 6.07) is 11.1. The number of anilines is 1. The molecule has 0 saturated heterocycles. The van der Waals surface area contributed by atoms with Crippen molar-refractivity contribution in [2.24, 2.45) is 0 Å². The quantitative estimate of drug-likeness (QED) is 0.878. The number of nitrogens with zero attached hydrogens (tertiary/aromatic N) is 1. The Balaban J connectivity index is 1.61. The summed E-state index contributed by atoms with van der Waals surface area (Å²) < 4.78 is 0. The molecule has 0 amide bonds. The van der Waals surface area contributed by atoms with Gasteiger partial charge in [0.2, 0.25) is 0 Å². The lowest BCUT2D eigenvalue weighted by Gasteiger charge is -2.25. The van der Waals surface area contributed by atoms with Crippen molar-refractivity contribution in [3.8, 4) is 0 Å². The predicted molar refractivity (Wildman–Crippen MR) is 81.6 cm³/mol. The van der Waals surface area contributed by atoms with Crippen molar-refractivity contribution in [1.82, 2.24) is 4.98 Å². The molecule has 0 radical (unpaired) electrons. The fourth-order valence-corrected chi connectivity index (χ4v) is 2.50. The van der Waals surface area contributed by atoms with Gasteiger partial charge in [-0.05, 0) is 48.1 Å². The lowest BCUT2D eigenvalue weighted by Crippen LogP contribution is -2.09. The summed E-state index contributed by atoms with van der Waals surface area (Å²) >= 11 is 0. The van der Waals surface area contributed by atoms with E-state index in [2.05, 4.69) is 16.4 Å². The number of hydrogen-bond acceptors (Lipinski definition) is 3. The highest BCUT2D eigenvalue weighted by Gasteiger charge is 2.19. The van der Waals surface area contributed by atoms with Crippen molar-refractivity contribution < 1.29 is 9.90 Å². The molecule has 0 spiro atoms. The second-order valence-corrected chi connectivity index (χ2v) is 5.46. The van der Waals surface area contributed by atoms with Gasteiger partial charge in [0.15, 0.2) is 0 Å². The predicted octanol–water partition coefficient (Wildman–Crippen LogP) is 3.66. The molecule has 0 atom stereocenters. The lowest BCUT2D eigenvalue weighted by molar-refractivity contribution is 0.0697. The lowest BCUT2D eigenvalue weighted by atomic mass is 9.81. The molecule has 2 N–H and O–H groups in total. The van der Waals surface area contributed by atoms with Gasteiger partial charge in [0.05, 0.1) is 5.56 Å². The number of hydrogen-bond donors (Lipinski definition) is 2.